The molecule has 0 spiro atoms. The molecule has 1 aliphatic heterocycles. The summed E-state index contributed by atoms with van der Waals surface area (Å²) in [5, 5.41) is 0. The molecule has 0 saturated carbocycles. The molecule has 0 aliphatic carbocycles. The molecule has 2 rings (SSSR count). The highest BCUT2D eigenvalue weighted by Crippen LogP contribution is 2.10. The van der Waals surface area contributed by atoms with Gasteiger partial charge in [0.1, 0.15) is 5.56 Å². The van der Waals surface area contributed by atoms with Gasteiger partial charge in [-0.05, 0) is 6.42 Å². The number of nitrogens with two attached hydrogens (primary N) is 1. The van der Waals surface area contributed by atoms with Gasteiger partial charge in [-0.25, -0.2) is 0 Å². The molecule has 1 unspecified atom stereocenters. The van der Waals surface area contributed by atoms with Crippen LogP contribution in [0.25, 0.3) is 0 Å². The molecule has 20 heavy (non-hydrogen) atoms. The van der Waals surface area contributed by atoms with Crippen LogP contribution in [0.1, 0.15) is 23.7 Å². The van der Waals surface area contributed by atoms with E-state index in [1.54, 1.807) is 4.90 Å². The summed E-state index contributed by atoms with van der Waals surface area (Å²) in [5.41, 5.74) is 5.73. The molecule has 6 heteroatoms. The maximum Gasteiger partial charge on any atom is 0.259 e. The monoisotopic (exact) mass is 278 g/mol. The first-order valence-corrected chi connectivity index (χ1v) is 7.07. The average molecular weight is 278 g/mol. The van der Waals surface area contributed by atoms with E-state index < -0.39 is 0 Å². The minimum atomic E-state index is -0.232. The maximum absolute atomic E-state index is 12.3. The maximum atomic E-state index is 12.3. The van der Waals surface area contributed by atoms with E-state index in [1.807, 2.05) is 0 Å². The van der Waals surface area contributed by atoms with Gasteiger partial charge in [0.2, 0.25) is 0 Å². The first-order valence-electron chi connectivity index (χ1n) is 7.07. The standard InChI is InChI=1S/C14H22N4O2/c1-2-11(9-15)17-5-7-18(8-6-17)14(20)12-10-16-4-3-13(12)19/h3-4,10-11H,2,5-9,15H2,1H3,(H,16,19). The summed E-state index contributed by atoms with van der Waals surface area (Å²) in [6, 6.07) is 1.76. The zero-order valence-corrected chi connectivity index (χ0v) is 11.8. The summed E-state index contributed by atoms with van der Waals surface area (Å²) in [7, 11) is 0. The number of carbonyl (C=O) groups is 1. The normalized spacial score (nSPS) is 18.0. The summed E-state index contributed by atoms with van der Waals surface area (Å²) in [6.07, 6.45) is 4.03. The Morgan fingerprint density at radius 1 is 1.40 bits per heavy atom. The van der Waals surface area contributed by atoms with Gasteiger partial charge in [0.05, 0.1) is 0 Å². The molecule has 1 saturated heterocycles. The molecule has 3 N–H and O–H groups in total. The van der Waals surface area contributed by atoms with E-state index in [4.69, 9.17) is 5.73 Å². The second-order valence-electron chi connectivity index (χ2n) is 5.05. The molecule has 6 nitrogen and oxygen atoms in total. The molecule has 1 atom stereocenters. The third-order valence-electron chi connectivity index (χ3n) is 3.92. The topological polar surface area (TPSA) is 82.4 Å². The number of hydrogen-bond acceptors (Lipinski definition) is 4. The average Bonchev–Trinajstić information content (AvgIpc) is 2.49. The number of piperazine rings is 1. The van der Waals surface area contributed by atoms with Crippen LogP contribution in [0.4, 0.5) is 0 Å². The molecule has 0 bridgehead atoms. The van der Waals surface area contributed by atoms with Crippen molar-refractivity contribution in [3.63, 3.8) is 0 Å². The quantitative estimate of drug-likeness (QED) is 0.804. The zero-order valence-electron chi connectivity index (χ0n) is 11.8. The van der Waals surface area contributed by atoms with E-state index in [-0.39, 0.29) is 16.9 Å². The molecule has 0 aromatic carbocycles. The van der Waals surface area contributed by atoms with Crippen molar-refractivity contribution in [2.75, 3.05) is 32.7 Å². The summed E-state index contributed by atoms with van der Waals surface area (Å²) in [4.78, 5) is 30.8. The lowest BCUT2D eigenvalue weighted by Gasteiger charge is -2.38. The van der Waals surface area contributed by atoms with Gasteiger partial charge >= 0.3 is 0 Å². The van der Waals surface area contributed by atoms with Crippen molar-refractivity contribution in [3.8, 4) is 0 Å². The molecule has 1 fully saturated rings. The molecule has 2 heterocycles. The molecule has 110 valence electrons. The van der Waals surface area contributed by atoms with Crippen LogP contribution in [0, 0.1) is 0 Å². The van der Waals surface area contributed by atoms with Gasteiger partial charge in [0.25, 0.3) is 5.91 Å². The van der Waals surface area contributed by atoms with Gasteiger partial charge in [0, 0.05) is 57.2 Å². The Labute approximate surface area is 118 Å². The fourth-order valence-corrected chi connectivity index (χ4v) is 2.62. The number of carbonyl (C=O) groups excluding carboxylic acids is 1. The molecular weight excluding hydrogens is 256 g/mol. The number of aromatic nitrogens is 1. The second-order valence-corrected chi connectivity index (χ2v) is 5.05. The van der Waals surface area contributed by atoms with Crippen LogP contribution >= 0.6 is 0 Å². The van der Waals surface area contributed by atoms with Gasteiger partial charge in [-0.3, -0.25) is 14.5 Å². The number of amides is 1. The number of pyridine rings is 1. The Morgan fingerprint density at radius 3 is 2.65 bits per heavy atom. The largest absolute Gasteiger partial charge is 0.367 e. The van der Waals surface area contributed by atoms with Crippen LogP contribution < -0.4 is 11.2 Å². The van der Waals surface area contributed by atoms with Crippen LogP contribution in [0.2, 0.25) is 0 Å². The van der Waals surface area contributed by atoms with Crippen LogP contribution in [0.5, 0.6) is 0 Å². The fraction of sp³-hybridized carbons (Fsp3) is 0.571. The summed E-state index contributed by atoms with van der Waals surface area (Å²) in [6.45, 7) is 5.67. The van der Waals surface area contributed by atoms with Crippen molar-refractivity contribution in [2.45, 2.75) is 19.4 Å². The third kappa shape index (κ3) is 3.08. The van der Waals surface area contributed by atoms with Gasteiger partial charge in [-0.2, -0.15) is 0 Å². The molecule has 1 aliphatic rings. The Kier molecular flexibility index (Phi) is 4.92. The van der Waals surface area contributed by atoms with E-state index in [0.717, 1.165) is 19.5 Å². The molecular formula is C14H22N4O2. The number of aromatic amines is 1. The second kappa shape index (κ2) is 6.67. The lowest BCUT2D eigenvalue weighted by Crippen LogP contribution is -2.53. The van der Waals surface area contributed by atoms with Crippen molar-refractivity contribution in [3.05, 3.63) is 34.2 Å². The first-order chi connectivity index (χ1) is 9.67. The van der Waals surface area contributed by atoms with Gasteiger partial charge in [-0.15, -0.1) is 0 Å². The number of H-pyrrole nitrogens is 1. The van der Waals surface area contributed by atoms with Crippen LogP contribution in [-0.2, 0) is 0 Å². The van der Waals surface area contributed by atoms with E-state index in [1.165, 1.54) is 18.5 Å². The van der Waals surface area contributed by atoms with Crippen molar-refractivity contribution < 1.29 is 4.79 Å². The van der Waals surface area contributed by atoms with Crippen LogP contribution in [0.15, 0.2) is 23.3 Å². The minimum absolute atomic E-state index is 0.188. The minimum Gasteiger partial charge on any atom is -0.367 e. The van der Waals surface area contributed by atoms with Gasteiger partial charge in [0.15, 0.2) is 5.43 Å². The molecule has 1 aromatic heterocycles. The van der Waals surface area contributed by atoms with Crippen molar-refractivity contribution in [2.24, 2.45) is 5.73 Å². The van der Waals surface area contributed by atoms with E-state index in [0.29, 0.717) is 25.7 Å². The molecule has 1 amide bonds. The lowest BCUT2D eigenvalue weighted by atomic mass is 10.1. The van der Waals surface area contributed by atoms with E-state index >= 15 is 0 Å². The number of nitrogens with one attached hydrogen (secondary N) is 1. The SMILES string of the molecule is CCC(CN)N1CCN(C(=O)c2c[nH]ccc2=O)CC1. The Morgan fingerprint density at radius 2 is 2.10 bits per heavy atom. The molecule has 0 radical (unpaired) electrons. The summed E-state index contributed by atoms with van der Waals surface area (Å²) < 4.78 is 0. The van der Waals surface area contributed by atoms with Crippen molar-refractivity contribution in [1.82, 2.24) is 14.8 Å². The van der Waals surface area contributed by atoms with Crippen molar-refractivity contribution >= 4 is 5.91 Å². The Bertz CT molecular complexity index is 502. The fourth-order valence-electron chi connectivity index (χ4n) is 2.62. The number of hydrogen-bond donors (Lipinski definition) is 2. The number of rotatable bonds is 4. The highest BCUT2D eigenvalue weighted by Gasteiger charge is 2.26. The third-order valence-corrected chi connectivity index (χ3v) is 3.92. The van der Waals surface area contributed by atoms with E-state index in [9.17, 15) is 9.59 Å². The predicted molar refractivity (Wildman–Crippen MR) is 77.7 cm³/mol. The van der Waals surface area contributed by atoms with Crippen LogP contribution in [0.3, 0.4) is 0 Å². The number of nitrogens with zero attached hydrogens (tertiary/aromatic N) is 2. The lowest BCUT2D eigenvalue weighted by molar-refractivity contribution is 0.0570. The predicted octanol–water partition coefficient (Wildman–Crippen LogP) is -0.130. The van der Waals surface area contributed by atoms with Gasteiger partial charge < -0.3 is 15.6 Å². The summed E-state index contributed by atoms with van der Waals surface area (Å²) in [5.74, 6) is -0.188. The van der Waals surface area contributed by atoms with Gasteiger partial charge in [-0.1, -0.05) is 6.92 Å². The van der Waals surface area contributed by atoms with Crippen LogP contribution in [-0.4, -0.2) is 59.5 Å². The van der Waals surface area contributed by atoms with Crippen molar-refractivity contribution in [1.29, 1.82) is 0 Å². The highest BCUT2D eigenvalue weighted by atomic mass is 16.2. The first kappa shape index (κ1) is 14.7. The van der Waals surface area contributed by atoms with E-state index in [2.05, 4.69) is 16.8 Å². The summed E-state index contributed by atoms with van der Waals surface area (Å²) >= 11 is 0. The molecule has 1 aromatic rings. The Balaban J connectivity index is 1.99. The Hall–Kier alpha value is -1.66. The highest BCUT2D eigenvalue weighted by molar-refractivity contribution is 5.93. The zero-order chi connectivity index (χ0) is 14.5. The smallest absolute Gasteiger partial charge is 0.259 e.